The lowest BCUT2D eigenvalue weighted by Crippen LogP contribution is -2.53. The molecule has 1 aliphatic carbocycles. The normalized spacial score (nSPS) is 19.0. The fourth-order valence-corrected chi connectivity index (χ4v) is 4.04. The number of carbonyl (C=O) groups is 2. The standard InChI is InChI=1S/C25H32N2O5/c1-25(2,3)32-24(29)26-11-12-31-22(16-26)23(28)27(19-9-10-19)15-17-13-18-7-5-6-8-20(18)21(14-17)30-4/h5-8,13-14,19,22H,9-12,15-16H2,1-4H3/t22-/m1/s1. The van der Waals surface area contributed by atoms with Crippen LogP contribution in [0.2, 0.25) is 0 Å². The van der Waals surface area contributed by atoms with E-state index in [1.54, 1.807) is 12.0 Å². The van der Waals surface area contributed by atoms with Crippen LogP contribution in [0.5, 0.6) is 5.75 Å². The van der Waals surface area contributed by atoms with Crippen molar-refractivity contribution in [3.63, 3.8) is 0 Å². The van der Waals surface area contributed by atoms with E-state index < -0.39 is 17.8 Å². The number of carbonyl (C=O) groups excluding carboxylic acids is 2. The van der Waals surface area contributed by atoms with Crippen molar-refractivity contribution in [3.05, 3.63) is 42.0 Å². The quantitative estimate of drug-likeness (QED) is 0.704. The first-order valence-corrected chi connectivity index (χ1v) is 11.2. The van der Waals surface area contributed by atoms with Gasteiger partial charge in [0, 0.05) is 24.5 Å². The van der Waals surface area contributed by atoms with Gasteiger partial charge in [0.15, 0.2) is 6.10 Å². The van der Waals surface area contributed by atoms with E-state index in [1.165, 1.54) is 0 Å². The second-order valence-corrected chi connectivity index (χ2v) is 9.50. The lowest BCUT2D eigenvalue weighted by atomic mass is 10.0. The van der Waals surface area contributed by atoms with Crippen LogP contribution in [0.15, 0.2) is 36.4 Å². The molecule has 2 aromatic carbocycles. The molecule has 7 nitrogen and oxygen atoms in total. The predicted molar refractivity (Wildman–Crippen MR) is 122 cm³/mol. The van der Waals surface area contributed by atoms with E-state index in [9.17, 15) is 9.59 Å². The minimum Gasteiger partial charge on any atom is -0.496 e. The molecule has 32 heavy (non-hydrogen) atoms. The number of benzene rings is 2. The van der Waals surface area contributed by atoms with E-state index in [1.807, 2.05) is 56.0 Å². The van der Waals surface area contributed by atoms with E-state index in [4.69, 9.17) is 14.2 Å². The molecular weight excluding hydrogens is 408 g/mol. The number of hydrogen-bond donors (Lipinski definition) is 0. The zero-order valence-electron chi connectivity index (χ0n) is 19.3. The number of methoxy groups -OCH3 is 1. The highest BCUT2D eigenvalue weighted by molar-refractivity contribution is 5.89. The summed E-state index contributed by atoms with van der Waals surface area (Å²) in [6, 6.07) is 12.4. The maximum Gasteiger partial charge on any atom is 0.410 e. The van der Waals surface area contributed by atoms with E-state index >= 15 is 0 Å². The monoisotopic (exact) mass is 440 g/mol. The molecule has 0 radical (unpaired) electrons. The van der Waals surface area contributed by atoms with Crippen LogP contribution in [0.3, 0.4) is 0 Å². The summed E-state index contributed by atoms with van der Waals surface area (Å²) in [5, 5.41) is 2.13. The SMILES string of the molecule is COc1cc(CN(C(=O)[C@H]2CN(C(=O)OC(C)(C)C)CCO2)C2CC2)cc2ccccc12. The fraction of sp³-hybridized carbons (Fsp3) is 0.520. The van der Waals surface area contributed by atoms with Gasteiger partial charge in [0.1, 0.15) is 11.4 Å². The first-order chi connectivity index (χ1) is 15.2. The number of morpholine rings is 1. The fourth-order valence-electron chi connectivity index (χ4n) is 4.04. The van der Waals surface area contributed by atoms with Gasteiger partial charge in [0.25, 0.3) is 5.91 Å². The molecule has 1 saturated carbocycles. The van der Waals surface area contributed by atoms with Crippen LogP contribution in [0.25, 0.3) is 10.8 Å². The third-order valence-electron chi connectivity index (χ3n) is 5.72. The van der Waals surface area contributed by atoms with Crippen molar-refractivity contribution < 1.29 is 23.8 Å². The highest BCUT2D eigenvalue weighted by atomic mass is 16.6. The molecule has 0 spiro atoms. The summed E-state index contributed by atoms with van der Waals surface area (Å²) >= 11 is 0. The van der Waals surface area contributed by atoms with E-state index in [-0.39, 0.29) is 18.5 Å². The smallest absolute Gasteiger partial charge is 0.410 e. The summed E-state index contributed by atoms with van der Waals surface area (Å²) in [5.74, 6) is 0.721. The van der Waals surface area contributed by atoms with Crippen LogP contribution in [-0.2, 0) is 20.8 Å². The summed E-state index contributed by atoms with van der Waals surface area (Å²) < 4.78 is 16.9. The number of amides is 2. The Morgan fingerprint density at radius 3 is 2.62 bits per heavy atom. The number of rotatable bonds is 5. The summed E-state index contributed by atoms with van der Waals surface area (Å²) in [7, 11) is 1.66. The molecule has 172 valence electrons. The van der Waals surface area contributed by atoms with Crippen molar-refractivity contribution in [1.29, 1.82) is 0 Å². The third kappa shape index (κ3) is 5.15. The summed E-state index contributed by atoms with van der Waals surface area (Å²) in [6.45, 7) is 6.93. The highest BCUT2D eigenvalue weighted by Crippen LogP contribution is 2.33. The van der Waals surface area contributed by atoms with Gasteiger partial charge < -0.3 is 24.0 Å². The molecular formula is C25H32N2O5. The first kappa shape index (κ1) is 22.4. The number of hydrogen-bond acceptors (Lipinski definition) is 5. The molecule has 1 atom stereocenters. The average molecular weight is 441 g/mol. The lowest BCUT2D eigenvalue weighted by molar-refractivity contribution is -0.150. The van der Waals surface area contributed by atoms with Crippen LogP contribution in [0.4, 0.5) is 4.79 Å². The third-order valence-corrected chi connectivity index (χ3v) is 5.72. The topological polar surface area (TPSA) is 68.3 Å². The molecule has 4 rings (SSSR count). The maximum atomic E-state index is 13.4. The van der Waals surface area contributed by atoms with Gasteiger partial charge in [-0.25, -0.2) is 4.79 Å². The second kappa shape index (κ2) is 8.98. The van der Waals surface area contributed by atoms with E-state index in [0.29, 0.717) is 19.7 Å². The van der Waals surface area contributed by atoms with Gasteiger partial charge in [-0.3, -0.25) is 4.79 Å². The molecule has 0 aromatic heterocycles. The highest BCUT2D eigenvalue weighted by Gasteiger charge is 2.39. The Morgan fingerprint density at radius 1 is 1.19 bits per heavy atom. The average Bonchev–Trinajstić information content (AvgIpc) is 3.60. The van der Waals surface area contributed by atoms with Crippen LogP contribution < -0.4 is 4.74 Å². The van der Waals surface area contributed by atoms with Crippen molar-refractivity contribution >= 4 is 22.8 Å². The van der Waals surface area contributed by atoms with Crippen molar-refractivity contribution in [3.8, 4) is 5.75 Å². The Labute approximate surface area is 189 Å². The van der Waals surface area contributed by atoms with Gasteiger partial charge in [-0.05, 0) is 56.7 Å². The van der Waals surface area contributed by atoms with Gasteiger partial charge in [0.05, 0.1) is 20.3 Å². The van der Waals surface area contributed by atoms with Crippen LogP contribution in [0, 0.1) is 0 Å². The van der Waals surface area contributed by atoms with Gasteiger partial charge in [-0.2, -0.15) is 0 Å². The Morgan fingerprint density at radius 2 is 1.94 bits per heavy atom. The summed E-state index contributed by atoms with van der Waals surface area (Å²) in [6.07, 6.45) is 0.882. The maximum absolute atomic E-state index is 13.4. The summed E-state index contributed by atoms with van der Waals surface area (Å²) in [5.41, 5.74) is 0.435. The molecule has 1 heterocycles. The Bertz CT molecular complexity index is 995. The molecule has 1 saturated heterocycles. The molecule has 0 N–H and O–H groups in total. The number of nitrogens with zero attached hydrogens (tertiary/aromatic N) is 2. The van der Waals surface area contributed by atoms with Crippen molar-refractivity contribution in [2.24, 2.45) is 0 Å². The minimum atomic E-state index is -0.681. The molecule has 2 fully saturated rings. The zero-order chi connectivity index (χ0) is 22.9. The van der Waals surface area contributed by atoms with Gasteiger partial charge >= 0.3 is 6.09 Å². The molecule has 7 heteroatoms. The van der Waals surface area contributed by atoms with Gasteiger partial charge in [-0.1, -0.05) is 24.3 Å². The molecule has 2 amide bonds. The largest absolute Gasteiger partial charge is 0.496 e. The van der Waals surface area contributed by atoms with Crippen molar-refractivity contribution in [2.75, 3.05) is 26.8 Å². The van der Waals surface area contributed by atoms with Crippen LogP contribution in [0.1, 0.15) is 39.2 Å². The number of ether oxygens (including phenoxy) is 3. The minimum absolute atomic E-state index is 0.0760. The van der Waals surface area contributed by atoms with Crippen molar-refractivity contribution in [1.82, 2.24) is 9.80 Å². The molecule has 2 aromatic rings. The van der Waals surface area contributed by atoms with E-state index in [0.717, 1.165) is 34.9 Å². The molecule has 2 aliphatic rings. The predicted octanol–water partition coefficient (Wildman–Crippen LogP) is 3.98. The molecule has 0 bridgehead atoms. The van der Waals surface area contributed by atoms with Crippen LogP contribution >= 0.6 is 0 Å². The first-order valence-electron chi connectivity index (χ1n) is 11.2. The van der Waals surface area contributed by atoms with Gasteiger partial charge in [-0.15, -0.1) is 0 Å². The lowest BCUT2D eigenvalue weighted by Gasteiger charge is -2.36. The Hall–Kier alpha value is -2.80. The molecule has 0 unspecified atom stereocenters. The Balaban J connectivity index is 1.50. The second-order valence-electron chi connectivity index (χ2n) is 9.50. The molecule has 1 aliphatic heterocycles. The number of fused-ring (bicyclic) bond motifs is 1. The summed E-state index contributed by atoms with van der Waals surface area (Å²) in [4.78, 5) is 29.4. The van der Waals surface area contributed by atoms with Crippen LogP contribution in [-0.4, -0.2) is 66.4 Å². The Kier molecular flexibility index (Phi) is 6.29. The van der Waals surface area contributed by atoms with E-state index in [2.05, 4.69) is 6.07 Å². The van der Waals surface area contributed by atoms with Gasteiger partial charge in [0.2, 0.25) is 0 Å². The zero-order valence-corrected chi connectivity index (χ0v) is 19.3. The van der Waals surface area contributed by atoms with Crippen molar-refractivity contribution in [2.45, 2.75) is 57.9 Å².